The van der Waals surface area contributed by atoms with Gasteiger partial charge in [-0.1, -0.05) is 19.8 Å². The highest BCUT2D eigenvalue weighted by molar-refractivity contribution is 5.01. The molecule has 17 heavy (non-hydrogen) atoms. The van der Waals surface area contributed by atoms with Crippen molar-refractivity contribution in [1.82, 2.24) is 9.78 Å². The third-order valence-electron chi connectivity index (χ3n) is 4.45. The van der Waals surface area contributed by atoms with Gasteiger partial charge in [-0.05, 0) is 49.6 Å². The van der Waals surface area contributed by atoms with Crippen LogP contribution in [0, 0.1) is 11.3 Å². The first-order chi connectivity index (χ1) is 8.15. The molecule has 0 aliphatic heterocycles. The summed E-state index contributed by atoms with van der Waals surface area (Å²) in [5.41, 5.74) is 7.78. The van der Waals surface area contributed by atoms with Gasteiger partial charge < -0.3 is 5.73 Å². The molecule has 1 aliphatic carbocycles. The van der Waals surface area contributed by atoms with Crippen molar-refractivity contribution in [3.63, 3.8) is 0 Å². The van der Waals surface area contributed by atoms with Crippen LogP contribution in [-0.2, 0) is 13.5 Å². The van der Waals surface area contributed by atoms with E-state index in [9.17, 15) is 0 Å². The highest BCUT2D eigenvalue weighted by atomic mass is 15.2. The molecule has 0 amide bonds. The molecule has 3 heteroatoms. The molecule has 1 fully saturated rings. The van der Waals surface area contributed by atoms with Gasteiger partial charge >= 0.3 is 0 Å². The van der Waals surface area contributed by atoms with Crippen molar-refractivity contribution in [1.29, 1.82) is 0 Å². The second-order valence-corrected chi connectivity index (χ2v) is 5.85. The zero-order chi connectivity index (χ0) is 12.3. The van der Waals surface area contributed by atoms with Crippen molar-refractivity contribution < 1.29 is 0 Å². The Kier molecular flexibility index (Phi) is 3.87. The molecule has 1 saturated carbocycles. The monoisotopic (exact) mass is 235 g/mol. The first kappa shape index (κ1) is 12.6. The molecular formula is C14H25N3. The maximum Gasteiger partial charge on any atom is 0.0492 e. The van der Waals surface area contributed by atoms with Gasteiger partial charge in [0, 0.05) is 18.9 Å². The quantitative estimate of drug-likeness (QED) is 0.871. The summed E-state index contributed by atoms with van der Waals surface area (Å²) in [6.07, 6.45) is 9.56. The number of hydrogen-bond acceptors (Lipinski definition) is 2. The molecule has 1 heterocycles. The van der Waals surface area contributed by atoms with E-state index in [-0.39, 0.29) is 0 Å². The summed E-state index contributed by atoms with van der Waals surface area (Å²) in [6, 6.07) is 2.12. The predicted molar refractivity (Wildman–Crippen MR) is 70.6 cm³/mol. The molecule has 1 aromatic rings. The SMILES string of the molecule is CC1CCCC(CN)(CCc2ccnn2C)C1. The van der Waals surface area contributed by atoms with Crippen LogP contribution in [0.5, 0.6) is 0 Å². The third kappa shape index (κ3) is 2.89. The topological polar surface area (TPSA) is 43.8 Å². The molecular weight excluding hydrogens is 210 g/mol. The minimum atomic E-state index is 0.391. The smallest absolute Gasteiger partial charge is 0.0492 e. The van der Waals surface area contributed by atoms with Crippen molar-refractivity contribution in [3.05, 3.63) is 18.0 Å². The zero-order valence-corrected chi connectivity index (χ0v) is 11.2. The van der Waals surface area contributed by atoms with Crippen LogP contribution in [0.2, 0.25) is 0 Å². The number of rotatable bonds is 4. The lowest BCUT2D eigenvalue weighted by Gasteiger charge is -2.39. The Morgan fingerprint density at radius 2 is 2.41 bits per heavy atom. The number of aryl methyl sites for hydroxylation is 2. The summed E-state index contributed by atoms with van der Waals surface area (Å²) < 4.78 is 1.98. The van der Waals surface area contributed by atoms with Crippen LogP contribution >= 0.6 is 0 Å². The standard InChI is InChI=1S/C14H25N3/c1-12-4-3-7-14(10-12,11-15)8-5-13-6-9-16-17(13)2/h6,9,12H,3-5,7-8,10-11,15H2,1-2H3. The Morgan fingerprint density at radius 1 is 1.59 bits per heavy atom. The molecule has 0 radical (unpaired) electrons. The first-order valence-electron chi connectivity index (χ1n) is 6.82. The third-order valence-corrected chi connectivity index (χ3v) is 4.45. The Balaban J connectivity index is 1.97. The van der Waals surface area contributed by atoms with Crippen LogP contribution in [0.3, 0.4) is 0 Å². The van der Waals surface area contributed by atoms with Crippen molar-refractivity contribution in [3.8, 4) is 0 Å². The summed E-state index contributed by atoms with van der Waals surface area (Å²) in [5, 5.41) is 4.23. The van der Waals surface area contributed by atoms with E-state index in [1.807, 2.05) is 17.9 Å². The van der Waals surface area contributed by atoms with Gasteiger partial charge in [0.05, 0.1) is 0 Å². The van der Waals surface area contributed by atoms with E-state index < -0.39 is 0 Å². The molecule has 2 N–H and O–H groups in total. The average Bonchev–Trinajstić information content (AvgIpc) is 2.72. The maximum absolute atomic E-state index is 6.06. The first-order valence-corrected chi connectivity index (χ1v) is 6.82. The highest BCUT2D eigenvalue weighted by Crippen LogP contribution is 2.41. The lowest BCUT2D eigenvalue weighted by Crippen LogP contribution is -2.36. The minimum Gasteiger partial charge on any atom is -0.330 e. The molecule has 2 atom stereocenters. The van der Waals surface area contributed by atoms with Gasteiger partial charge in [0.15, 0.2) is 0 Å². The van der Waals surface area contributed by atoms with Gasteiger partial charge in [0.25, 0.3) is 0 Å². The molecule has 96 valence electrons. The van der Waals surface area contributed by atoms with Crippen LogP contribution < -0.4 is 5.73 Å². The van der Waals surface area contributed by atoms with Crippen LogP contribution in [0.15, 0.2) is 12.3 Å². The summed E-state index contributed by atoms with van der Waals surface area (Å²) in [5.74, 6) is 0.846. The van der Waals surface area contributed by atoms with Crippen LogP contribution in [0.1, 0.15) is 44.7 Å². The summed E-state index contributed by atoms with van der Waals surface area (Å²) in [4.78, 5) is 0. The van der Waals surface area contributed by atoms with Crippen LogP contribution in [-0.4, -0.2) is 16.3 Å². The summed E-state index contributed by atoms with van der Waals surface area (Å²) >= 11 is 0. The Hall–Kier alpha value is -0.830. The maximum atomic E-state index is 6.06. The van der Waals surface area contributed by atoms with Crippen molar-refractivity contribution in [2.45, 2.75) is 45.4 Å². The average molecular weight is 235 g/mol. The van der Waals surface area contributed by atoms with Crippen LogP contribution in [0.4, 0.5) is 0 Å². The number of hydrogen-bond donors (Lipinski definition) is 1. The van der Waals surface area contributed by atoms with Crippen LogP contribution in [0.25, 0.3) is 0 Å². The molecule has 0 bridgehead atoms. The van der Waals surface area contributed by atoms with Crippen molar-refractivity contribution in [2.24, 2.45) is 24.1 Å². The molecule has 3 nitrogen and oxygen atoms in total. The summed E-state index contributed by atoms with van der Waals surface area (Å²) in [6.45, 7) is 3.21. The molecule has 1 aromatic heterocycles. The van der Waals surface area contributed by atoms with Gasteiger partial charge in [-0.2, -0.15) is 5.10 Å². The molecule has 0 spiro atoms. The lowest BCUT2D eigenvalue weighted by molar-refractivity contribution is 0.141. The lowest BCUT2D eigenvalue weighted by atomic mass is 9.67. The Labute approximate surface area is 104 Å². The van der Waals surface area contributed by atoms with Gasteiger partial charge in [-0.25, -0.2) is 0 Å². The van der Waals surface area contributed by atoms with E-state index in [2.05, 4.69) is 18.1 Å². The molecule has 2 unspecified atom stereocenters. The Morgan fingerprint density at radius 3 is 3.00 bits per heavy atom. The van der Waals surface area contributed by atoms with E-state index in [0.29, 0.717) is 5.41 Å². The number of aromatic nitrogens is 2. The predicted octanol–water partition coefficient (Wildman–Crippen LogP) is 2.51. The normalized spacial score (nSPS) is 29.5. The van der Waals surface area contributed by atoms with Gasteiger partial charge in [-0.3, -0.25) is 4.68 Å². The van der Waals surface area contributed by atoms with E-state index in [1.165, 1.54) is 37.8 Å². The zero-order valence-electron chi connectivity index (χ0n) is 11.2. The summed E-state index contributed by atoms with van der Waals surface area (Å²) in [7, 11) is 2.02. The fraction of sp³-hybridized carbons (Fsp3) is 0.786. The van der Waals surface area contributed by atoms with E-state index in [1.54, 1.807) is 0 Å². The van der Waals surface area contributed by atoms with Gasteiger partial charge in [-0.15, -0.1) is 0 Å². The number of nitrogens with two attached hydrogens (primary N) is 1. The van der Waals surface area contributed by atoms with Gasteiger partial charge in [0.2, 0.25) is 0 Å². The molecule has 2 rings (SSSR count). The number of nitrogens with zero attached hydrogens (tertiary/aromatic N) is 2. The van der Waals surface area contributed by atoms with E-state index in [0.717, 1.165) is 18.9 Å². The largest absolute Gasteiger partial charge is 0.330 e. The van der Waals surface area contributed by atoms with Crippen molar-refractivity contribution in [2.75, 3.05) is 6.54 Å². The fourth-order valence-electron chi connectivity index (χ4n) is 3.32. The second-order valence-electron chi connectivity index (χ2n) is 5.85. The molecule has 0 saturated heterocycles. The highest BCUT2D eigenvalue weighted by Gasteiger charge is 2.33. The fourth-order valence-corrected chi connectivity index (χ4v) is 3.32. The van der Waals surface area contributed by atoms with Gasteiger partial charge in [0.1, 0.15) is 0 Å². The van der Waals surface area contributed by atoms with Crippen molar-refractivity contribution >= 4 is 0 Å². The minimum absolute atomic E-state index is 0.391. The van der Waals surface area contributed by atoms with E-state index in [4.69, 9.17) is 5.73 Å². The Bertz CT molecular complexity index is 358. The second kappa shape index (κ2) is 5.21. The molecule has 1 aliphatic rings. The van der Waals surface area contributed by atoms with E-state index >= 15 is 0 Å². The molecule has 0 aromatic carbocycles.